The smallest absolute Gasteiger partial charge is 0.204 e. The molecular weight excluding hydrogens is 450 g/mol. The average molecular weight is 476 g/mol. The molecule has 5 aromatic rings. The molecule has 3 aromatic heterocycles. The normalized spacial score (nSPS) is 11.1. The van der Waals surface area contributed by atoms with Crippen molar-refractivity contribution < 1.29 is 28.4 Å². The van der Waals surface area contributed by atoms with Crippen molar-refractivity contribution in [3.63, 3.8) is 0 Å². The van der Waals surface area contributed by atoms with Crippen LogP contribution in [0.1, 0.15) is 0 Å². The summed E-state index contributed by atoms with van der Waals surface area (Å²) in [7, 11) is 9.47. The zero-order chi connectivity index (χ0) is 24.7. The van der Waals surface area contributed by atoms with Crippen LogP contribution >= 0.6 is 0 Å². The van der Waals surface area contributed by atoms with Gasteiger partial charge in [0.1, 0.15) is 11.2 Å². The largest absolute Gasteiger partial charge is 0.493 e. The number of hydrogen-bond donors (Lipinski definition) is 0. The van der Waals surface area contributed by atoms with Gasteiger partial charge in [-0.15, -0.1) is 0 Å². The van der Waals surface area contributed by atoms with Crippen LogP contribution in [0.2, 0.25) is 0 Å². The van der Waals surface area contributed by atoms with E-state index in [1.165, 1.54) is 0 Å². The van der Waals surface area contributed by atoms with Gasteiger partial charge in [-0.05, 0) is 30.3 Å². The van der Waals surface area contributed by atoms with Crippen LogP contribution in [0.3, 0.4) is 0 Å². The summed E-state index contributed by atoms with van der Waals surface area (Å²) in [5.41, 5.74) is 3.54. The van der Waals surface area contributed by atoms with Crippen molar-refractivity contribution in [2.45, 2.75) is 0 Å². The minimum atomic E-state index is 0.459. The van der Waals surface area contributed by atoms with E-state index in [-0.39, 0.29) is 0 Å². The predicted molar refractivity (Wildman–Crippen MR) is 133 cm³/mol. The lowest BCUT2D eigenvalue weighted by molar-refractivity contribution is 0.324. The molecule has 0 saturated heterocycles. The van der Waals surface area contributed by atoms with Gasteiger partial charge in [0.05, 0.1) is 53.7 Å². The summed E-state index contributed by atoms with van der Waals surface area (Å²) in [6, 6.07) is 11.4. The Morgan fingerprint density at radius 3 is 1.89 bits per heavy atom. The Morgan fingerprint density at radius 2 is 1.29 bits per heavy atom. The van der Waals surface area contributed by atoms with Crippen molar-refractivity contribution in [1.82, 2.24) is 14.4 Å². The van der Waals surface area contributed by atoms with Gasteiger partial charge >= 0.3 is 0 Å². The molecule has 0 bridgehead atoms. The Kier molecular flexibility index (Phi) is 5.60. The summed E-state index contributed by atoms with van der Waals surface area (Å²) >= 11 is 0. The van der Waals surface area contributed by atoms with E-state index in [1.807, 2.05) is 47.0 Å². The Labute approximate surface area is 201 Å². The fraction of sp³-hybridized carbons (Fsp3) is 0.231. The molecule has 0 unspecified atom stereocenters. The van der Waals surface area contributed by atoms with Crippen molar-refractivity contribution in [1.29, 1.82) is 0 Å². The van der Waals surface area contributed by atoms with Crippen molar-refractivity contribution in [2.75, 3.05) is 42.7 Å². The first-order valence-electron chi connectivity index (χ1n) is 10.8. The van der Waals surface area contributed by atoms with E-state index < -0.39 is 0 Å². The molecule has 0 aliphatic carbocycles. The van der Waals surface area contributed by atoms with Crippen LogP contribution in [0.5, 0.6) is 34.5 Å². The second-order valence-corrected chi connectivity index (χ2v) is 7.66. The summed E-state index contributed by atoms with van der Waals surface area (Å²) in [5.74, 6) is 2.98. The van der Waals surface area contributed by atoms with E-state index in [4.69, 9.17) is 38.4 Å². The molecule has 5 rings (SSSR count). The summed E-state index contributed by atoms with van der Waals surface area (Å²) in [5, 5.41) is 1.52. The van der Waals surface area contributed by atoms with E-state index in [0.717, 1.165) is 22.0 Å². The molecule has 0 atom stereocenters. The number of imidazole rings is 1. The van der Waals surface area contributed by atoms with Gasteiger partial charge in [-0.3, -0.25) is 4.40 Å². The molecule has 3 heterocycles. The third-order valence-electron chi connectivity index (χ3n) is 5.98. The molecule has 2 aromatic carbocycles. The minimum absolute atomic E-state index is 0.459. The molecule has 0 saturated carbocycles. The fourth-order valence-electron chi connectivity index (χ4n) is 4.44. The van der Waals surface area contributed by atoms with Gasteiger partial charge in [0, 0.05) is 17.1 Å². The predicted octanol–water partition coefficient (Wildman–Crippen LogP) is 4.75. The molecule has 180 valence electrons. The van der Waals surface area contributed by atoms with E-state index in [2.05, 4.69) is 0 Å². The lowest BCUT2D eigenvalue weighted by Crippen LogP contribution is -2.00. The summed E-state index contributed by atoms with van der Waals surface area (Å²) < 4.78 is 35.9. The third kappa shape index (κ3) is 3.30. The molecule has 0 amide bonds. The number of fused-ring (bicyclic) bond motifs is 5. The van der Waals surface area contributed by atoms with Crippen molar-refractivity contribution in [2.24, 2.45) is 0 Å². The molecule has 9 nitrogen and oxygen atoms in total. The molecule has 0 N–H and O–H groups in total. The maximum atomic E-state index is 5.87. The molecule has 0 fully saturated rings. The fourth-order valence-corrected chi connectivity index (χ4v) is 4.44. The number of benzene rings is 2. The highest BCUT2D eigenvalue weighted by Gasteiger charge is 2.25. The highest BCUT2D eigenvalue weighted by Crippen LogP contribution is 2.49. The standard InChI is InChI=1S/C26H25N3O6/c1-30-16-11-14(12-17(31-2)23(16)33-4)21-20-15(13-18(32-3)24(34-5)25(20)35-6)22-26(28-21)29-10-8-7-9-19(29)27-22/h7-13H,1-6H3. The quantitative estimate of drug-likeness (QED) is 0.333. The molecule has 0 aliphatic rings. The van der Waals surface area contributed by atoms with Crippen molar-refractivity contribution in [3.8, 4) is 45.8 Å². The van der Waals surface area contributed by atoms with Crippen LogP contribution in [-0.2, 0) is 0 Å². The first-order valence-corrected chi connectivity index (χ1v) is 10.8. The van der Waals surface area contributed by atoms with Gasteiger partial charge in [0.2, 0.25) is 11.5 Å². The third-order valence-corrected chi connectivity index (χ3v) is 5.98. The zero-order valence-electron chi connectivity index (χ0n) is 20.3. The summed E-state index contributed by atoms with van der Waals surface area (Å²) in [4.78, 5) is 9.94. The minimum Gasteiger partial charge on any atom is -0.493 e. The second-order valence-electron chi connectivity index (χ2n) is 7.66. The van der Waals surface area contributed by atoms with E-state index in [9.17, 15) is 0 Å². The lowest BCUT2D eigenvalue weighted by atomic mass is 10.00. The Bertz CT molecular complexity index is 1550. The SMILES string of the molecule is COc1cc(-c2nc3c(nc4ccccn43)c3cc(OC)c(OC)c(OC)c23)cc(OC)c1OC. The zero-order valence-corrected chi connectivity index (χ0v) is 20.3. The van der Waals surface area contributed by atoms with E-state index in [0.29, 0.717) is 51.4 Å². The number of methoxy groups -OCH3 is 6. The maximum absolute atomic E-state index is 5.87. The average Bonchev–Trinajstić information content (AvgIpc) is 3.29. The molecule has 0 radical (unpaired) electrons. The lowest BCUT2D eigenvalue weighted by Gasteiger charge is -2.18. The van der Waals surface area contributed by atoms with Crippen LogP contribution in [0.25, 0.3) is 38.8 Å². The summed E-state index contributed by atoms with van der Waals surface area (Å²) in [6.07, 6.45) is 1.93. The molecule has 0 aliphatic heterocycles. The Morgan fingerprint density at radius 1 is 0.657 bits per heavy atom. The van der Waals surface area contributed by atoms with E-state index >= 15 is 0 Å². The summed E-state index contributed by atoms with van der Waals surface area (Å²) in [6.45, 7) is 0. The first-order chi connectivity index (χ1) is 17.1. The van der Waals surface area contributed by atoms with Gasteiger partial charge < -0.3 is 28.4 Å². The highest BCUT2D eigenvalue weighted by atomic mass is 16.5. The van der Waals surface area contributed by atoms with Gasteiger partial charge in [-0.1, -0.05) is 6.07 Å². The maximum Gasteiger partial charge on any atom is 0.204 e. The molecular formula is C26H25N3O6. The number of hydrogen-bond acceptors (Lipinski definition) is 8. The monoisotopic (exact) mass is 475 g/mol. The second kappa shape index (κ2) is 8.75. The van der Waals surface area contributed by atoms with Crippen LogP contribution in [-0.4, -0.2) is 57.0 Å². The van der Waals surface area contributed by atoms with Crippen molar-refractivity contribution in [3.05, 3.63) is 42.6 Å². The Balaban J connectivity index is 2.01. The van der Waals surface area contributed by atoms with Gasteiger partial charge in [0.25, 0.3) is 0 Å². The topological polar surface area (TPSA) is 85.6 Å². The highest BCUT2D eigenvalue weighted by molar-refractivity contribution is 6.13. The molecule has 35 heavy (non-hydrogen) atoms. The van der Waals surface area contributed by atoms with Crippen LogP contribution in [0.4, 0.5) is 0 Å². The molecule has 9 heteroatoms. The van der Waals surface area contributed by atoms with E-state index in [1.54, 1.807) is 42.7 Å². The number of nitrogens with zero attached hydrogens (tertiary/aromatic N) is 3. The Hall–Kier alpha value is -4.40. The first kappa shape index (κ1) is 22.4. The van der Waals surface area contributed by atoms with Gasteiger partial charge in [-0.2, -0.15) is 0 Å². The van der Waals surface area contributed by atoms with Crippen molar-refractivity contribution >= 4 is 27.6 Å². The number of aromatic nitrogens is 3. The van der Waals surface area contributed by atoms with Crippen LogP contribution < -0.4 is 28.4 Å². The number of pyridine rings is 2. The number of rotatable bonds is 7. The van der Waals surface area contributed by atoms with Gasteiger partial charge in [-0.25, -0.2) is 9.97 Å². The van der Waals surface area contributed by atoms with Crippen LogP contribution in [0, 0.1) is 0 Å². The van der Waals surface area contributed by atoms with Gasteiger partial charge in [0.15, 0.2) is 28.6 Å². The van der Waals surface area contributed by atoms with Crippen LogP contribution in [0.15, 0.2) is 42.6 Å². The number of ether oxygens (including phenoxy) is 6. The molecule has 0 spiro atoms.